The van der Waals surface area contributed by atoms with Gasteiger partial charge in [0.1, 0.15) is 17.9 Å². The molecule has 1 atom stereocenters. The normalized spacial score (nSPS) is 13.2. The molecule has 0 N–H and O–H groups in total. The number of nitrogens with zero attached hydrogens (tertiary/aromatic N) is 1. The van der Waals surface area contributed by atoms with Gasteiger partial charge in [0.05, 0.1) is 20.8 Å². The van der Waals surface area contributed by atoms with E-state index in [0.29, 0.717) is 11.5 Å². The van der Waals surface area contributed by atoms with E-state index in [1.54, 1.807) is 59.9 Å². The Morgan fingerprint density at radius 2 is 1.62 bits per heavy atom. The van der Waals surface area contributed by atoms with Crippen molar-refractivity contribution < 1.29 is 33.3 Å². The first-order chi connectivity index (χ1) is 13.5. The first-order valence-electron chi connectivity index (χ1n) is 9.40. The van der Waals surface area contributed by atoms with Crippen molar-refractivity contribution >= 4 is 12.1 Å². The Morgan fingerprint density at radius 3 is 2.10 bits per heavy atom. The van der Waals surface area contributed by atoms with Gasteiger partial charge in [-0.2, -0.15) is 0 Å². The number of ether oxygens (including phenoxy) is 5. The van der Waals surface area contributed by atoms with Gasteiger partial charge in [-0.15, -0.1) is 0 Å². The van der Waals surface area contributed by atoms with Crippen molar-refractivity contribution in [2.45, 2.75) is 52.2 Å². The Balaban J connectivity index is 3.38. The third-order valence-corrected chi connectivity index (χ3v) is 4.18. The van der Waals surface area contributed by atoms with Crippen LogP contribution in [0.4, 0.5) is 4.79 Å². The highest BCUT2D eigenvalue weighted by Gasteiger charge is 2.45. The van der Waals surface area contributed by atoms with Crippen molar-refractivity contribution in [1.82, 2.24) is 4.90 Å². The zero-order valence-corrected chi connectivity index (χ0v) is 18.7. The third-order valence-electron chi connectivity index (χ3n) is 4.18. The van der Waals surface area contributed by atoms with E-state index < -0.39 is 23.2 Å². The molecule has 0 unspecified atom stereocenters. The summed E-state index contributed by atoms with van der Waals surface area (Å²) in [4.78, 5) is 27.1. The molecule has 164 valence electrons. The maximum atomic E-state index is 13.0. The van der Waals surface area contributed by atoms with Crippen LogP contribution in [0, 0.1) is 0 Å². The summed E-state index contributed by atoms with van der Waals surface area (Å²) < 4.78 is 26.6. The van der Waals surface area contributed by atoms with E-state index in [0.717, 1.165) is 5.56 Å². The number of rotatable bonds is 9. The lowest BCUT2D eigenvalue weighted by atomic mass is 9.91. The van der Waals surface area contributed by atoms with E-state index in [1.807, 2.05) is 0 Å². The van der Waals surface area contributed by atoms with Crippen LogP contribution in [0.3, 0.4) is 0 Å². The van der Waals surface area contributed by atoms with Gasteiger partial charge in [-0.05, 0) is 52.3 Å². The van der Waals surface area contributed by atoms with Crippen LogP contribution in [0.5, 0.6) is 11.5 Å². The van der Waals surface area contributed by atoms with Crippen LogP contribution in [-0.2, 0) is 25.4 Å². The molecular formula is C21H33NO7. The molecule has 0 heterocycles. The summed E-state index contributed by atoms with van der Waals surface area (Å²) in [7, 11) is 4.52. The van der Waals surface area contributed by atoms with Crippen LogP contribution in [0.25, 0.3) is 0 Å². The molecule has 0 aromatic heterocycles. The zero-order valence-electron chi connectivity index (χ0n) is 18.7. The number of carbonyl (C=O) groups excluding carboxylic acids is 2. The number of hydrogen-bond acceptors (Lipinski definition) is 7. The summed E-state index contributed by atoms with van der Waals surface area (Å²) in [5, 5.41) is 0. The van der Waals surface area contributed by atoms with E-state index in [4.69, 9.17) is 23.7 Å². The van der Waals surface area contributed by atoms with Crippen LogP contribution in [0.2, 0.25) is 0 Å². The van der Waals surface area contributed by atoms with Gasteiger partial charge in [0, 0.05) is 13.5 Å². The maximum absolute atomic E-state index is 13.0. The van der Waals surface area contributed by atoms with E-state index in [-0.39, 0.29) is 19.8 Å². The molecule has 0 aliphatic rings. The van der Waals surface area contributed by atoms with Gasteiger partial charge in [-0.1, -0.05) is 6.07 Å². The average molecular weight is 411 g/mol. The van der Waals surface area contributed by atoms with Crippen molar-refractivity contribution in [2.24, 2.45) is 0 Å². The van der Waals surface area contributed by atoms with E-state index in [2.05, 4.69) is 0 Å². The fourth-order valence-electron chi connectivity index (χ4n) is 2.80. The van der Waals surface area contributed by atoms with E-state index in [9.17, 15) is 9.59 Å². The molecule has 0 saturated heterocycles. The summed E-state index contributed by atoms with van der Waals surface area (Å²) >= 11 is 0. The minimum atomic E-state index is -1.37. The quantitative estimate of drug-likeness (QED) is 0.455. The van der Waals surface area contributed by atoms with Crippen molar-refractivity contribution in [3.63, 3.8) is 0 Å². The Kier molecular flexibility index (Phi) is 8.76. The van der Waals surface area contributed by atoms with Gasteiger partial charge in [-0.3, -0.25) is 4.90 Å². The highest BCUT2D eigenvalue weighted by molar-refractivity contribution is 5.86. The molecule has 0 radical (unpaired) electrons. The van der Waals surface area contributed by atoms with E-state index in [1.165, 1.54) is 19.1 Å². The van der Waals surface area contributed by atoms with Crippen LogP contribution in [0.1, 0.15) is 40.2 Å². The first-order valence-corrected chi connectivity index (χ1v) is 9.40. The minimum Gasteiger partial charge on any atom is -0.493 e. The third kappa shape index (κ3) is 6.52. The second-order valence-electron chi connectivity index (χ2n) is 7.69. The summed E-state index contributed by atoms with van der Waals surface area (Å²) in [6.07, 6.45) is -0.509. The van der Waals surface area contributed by atoms with Crippen molar-refractivity contribution in [3.8, 4) is 11.5 Å². The monoisotopic (exact) mass is 411 g/mol. The largest absolute Gasteiger partial charge is 0.493 e. The van der Waals surface area contributed by atoms with Crippen molar-refractivity contribution in [2.75, 3.05) is 34.7 Å². The Hall–Kier alpha value is -2.48. The fourth-order valence-corrected chi connectivity index (χ4v) is 2.80. The van der Waals surface area contributed by atoms with Crippen LogP contribution >= 0.6 is 0 Å². The molecule has 0 fully saturated rings. The summed E-state index contributed by atoms with van der Waals surface area (Å²) in [5.74, 6) is 0.527. The SMILES string of the molecule is CCOC(=O)[C@](C)(Cc1ccc(OC)c(OC)c1)N(COC)C(=O)OC(C)(C)C. The molecule has 1 amide bonds. The number of benzene rings is 1. The molecule has 1 rings (SSSR count). The molecule has 29 heavy (non-hydrogen) atoms. The van der Waals surface area contributed by atoms with Gasteiger partial charge in [0.2, 0.25) is 0 Å². The number of methoxy groups -OCH3 is 3. The summed E-state index contributed by atoms with van der Waals surface area (Å²) in [5.41, 5.74) is -1.35. The number of amides is 1. The molecule has 0 aliphatic carbocycles. The maximum Gasteiger partial charge on any atom is 0.413 e. The van der Waals surface area contributed by atoms with Crippen molar-refractivity contribution in [3.05, 3.63) is 23.8 Å². The lowest BCUT2D eigenvalue weighted by Gasteiger charge is -2.39. The highest BCUT2D eigenvalue weighted by Crippen LogP contribution is 2.31. The standard InChI is InChI=1S/C21H33NO7/c1-9-28-18(23)21(5,22(14-25-6)19(24)29-20(2,3)4)13-15-10-11-16(26-7)17(12-15)27-8/h10-12H,9,13-14H2,1-8H3/t21-/m0/s1. The smallest absolute Gasteiger partial charge is 0.413 e. The predicted molar refractivity (Wildman–Crippen MR) is 108 cm³/mol. The molecule has 0 aliphatic heterocycles. The summed E-state index contributed by atoms with van der Waals surface area (Å²) in [6, 6.07) is 5.31. The summed E-state index contributed by atoms with van der Waals surface area (Å²) in [6.45, 7) is 8.64. The minimum absolute atomic E-state index is 0.141. The lowest BCUT2D eigenvalue weighted by molar-refractivity contribution is -0.159. The first kappa shape index (κ1) is 24.6. The second kappa shape index (κ2) is 10.3. The molecule has 0 bridgehead atoms. The van der Waals surface area contributed by atoms with Gasteiger partial charge in [0.15, 0.2) is 11.5 Å². The predicted octanol–water partition coefficient (Wildman–Crippen LogP) is 3.41. The Labute approximate surface area is 173 Å². The van der Waals surface area contributed by atoms with Gasteiger partial charge < -0.3 is 23.7 Å². The van der Waals surface area contributed by atoms with Crippen LogP contribution in [-0.4, -0.2) is 62.8 Å². The number of carbonyl (C=O) groups is 2. The Morgan fingerprint density at radius 1 is 1.00 bits per heavy atom. The fraction of sp³-hybridized carbons (Fsp3) is 0.619. The second-order valence-corrected chi connectivity index (χ2v) is 7.69. The number of esters is 1. The van der Waals surface area contributed by atoms with Gasteiger partial charge >= 0.3 is 12.1 Å². The van der Waals surface area contributed by atoms with Crippen molar-refractivity contribution in [1.29, 1.82) is 0 Å². The number of hydrogen-bond donors (Lipinski definition) is 0. The molecular weight excluding hydrogens is 378 g/mol. The lowest BCUT2D eigenvalue weighted by Crippen LogP contribution is -2.58. The molecule has 1 aromatic rings. The van der Waals surface area contributed by atoms with Gasteiger partial charge in [-0.25, -0.2) is 9.59 Å². The highest BCUT2D eigenvalue weighted by atomic mass is 16.6. The average Bonchev–Trinajstić information content (AvgIpc) is 2.64. The molecule has 0 saturated carbocycles. The van der Waals surface area contributed by atoms with Crippen LogP contribution < -0.4 is 9.47 Å². The molecule has 1 aromatic carbocycles. The topological polar surface area (TPSA) is 83.5 Å². The van der Waals surface area contributed by atoms with E-state index >= 15 is 0 Å². The van der Waals surface area contributed by atoms with Gasteiger partial charge in [0.25, 0.3) is 0 Å². The Bertz CT molecular complexity index is 699. The molecule has 8 nitrogen and oxygen atoms in total. The van der Waals surface area contributed by atoms with Crippen LogP contribution in [0.15, 0.2) is 18.2 Å². The molecule has 0 spiro atoms. The molecule has 8 heteroatoms. The zero-order chi connectivity index (χ0) is 22.2.